The van der Waals surface area contributed by atoms with Crippen LogP contribution in [0.25, 0.3) is 32.8 Å². The van der Waals surface area contributed by atoms with E-state index in [-0.39, 0.29) is 5.82 Å². The Morgan fingerprint density at radius 2 is 1.70 bits per heavy atom. The Bertz CT molecular complexity index is 1350. The van der Waals surface area contributed by atoms with Crippen molar-refractivity contribution in [1.82, 2.24) is 0 Å². The van der Waals surface area contributed by atoms with Crippen molar-refractivity contribution in [2.24, 2.45) is 7.05 Å². The molecule has 1 saturated carbocycles. The lowest BCUT2D eigenvalue weighted by molar-refractivity contribution is -0.665. The predicted molar refractivity (Wildman–Crippen MR) is 123 cm³/mol. The second kappa shape index (κ2) is 7.19. The van der Waals surface area contributed by atoms with Gasteiger partial charge in [0.2, 0.25) is 5.69 Å². The van der Waals surface area contributed by atoms with Gasteiger partial charge in [0.1, 0.15) is 12.9 Å². The van der Waals surface area contributed by atoms with Gasteiger partial charge < -0.3 is 0 Å². The van der Waals surface area contributed by atoms with Crippen LogP contribution in [-0.2, 0) is 7.05 Å². The highest BCUT2D eigenvalue weighted by molar-refractivity contribution is 6.12. The Labute approximate surface area is 179 Å². The molecule has 5 rings (SSSR count). The Hall–Kier alpha value is -2.74. The first-order chi connectivity index (χ1) is 14.9. The summed E-state index contributed by atoms with van der Waals surface area (Å²) < 4.78 is 24.9. The summed E-state index contributed by atoms with van der Waals surface area (Å²) >= 11 is 0. The lowest BCUT2D eigenvalue weighted by Crippen LogP contribution is -2.35. The molecule has 0 amide bonds. The third-order valence-electron chi connectivity index (χ3n) is 7.14. The van der Waals surface area contributed by atoms with Gasteiger partial charge in [-0.3, -0.25) is 0 Å². The largest absolute Gasteiger partial charge is 0.221 e. The Morgan fingerprint density at radius 1 is 0.967 bits per heavy atom. The second-order valence-electron chi connectivity index (χ2n) is 8.96. The molecule has 0 atom stereocenters. The molecule has 0 N–H and O–H groups in total. The highest BCUT2D eigenvalue weighted by Crippen LogP contribution is 2.40. The summed E-state index contributed by atoms with van der Waals surface area (Å²) in [6.45, 7) is 6.42. The highest BCUT2D eigenvalue weighted by Gasteiger charge is 2.25. The van der Waals surface area contributed by atoms with E-state index < -0.39 is 0 Å². The highest BCUT2D eigenvalue weighted by atomic mass is 19.1. The SMILES string of the molecule is [2H]c1c(C)[n+](C)c(-c2cc(C3CCCC3)cc(C)c2C)c2c1ccc1cc(F)ccc12. The van der Waals surface area contributed by atoms with Gasteiger partial charge in [-0.15, -0.1) is 0 Å². The van der Waals surface area contributed by atoms with E-state index in [0.717, 1.165) is 32.9 Å². The summed E-state index contributed by atoms with van der Waals surface area (Å²) in [7, 11) is 2.06. The summed E-state index contributed by atoms with van der Waals surface area (Å²) in [5.74, 6) is 0.406. The van der Waals surface area contributed by atoms with Gasteiger partial charge in [-0.05, 0) is 83.7 Å². The Kier molecular flexibility index (Phi) is 4.33. The number of benzene rings is 3. The number of aromatic nitrogens is 1. The smallest absolute Gasteiger partial charge is 0.207 e. The lowest BCUT2D eigenvalue weighted by Gasteiger charge is -2.17. The number of hydrogen-bond acceptors (Lipinski definition) is 0. The van der Waals surface area contributed by atoms with Crippen LogP contribution in [0.15, 0.2) is 48.5 Å². The fraction of sp³-hybridized carbons (Fsp3) is 0.321. The quantitative estimate of drug-likeness (QED) is 0.248. The van der Waals surface area contributed by atoms with Crippen LogP contribution in [0, 0.1) is 26.6 Å². The average Bonchev–Trinajstić information content (AvgIpc) is 3.29. The molecule has 0 saturated heterocycles. The molecule has 2 heteroatoms. The van der Waals surface area contributed by atoms with Gasteiger partial charge >= 0.3 is 0 Å². The van der Waals surface area contributed by atoms with Gasteiger partial charge in [0.25, 0.3) is 0 Å². The lowest BCUT2D eigenvalue weighted by atomic mass is 9.88. The summed E-state index contributed by atoms with van der Waals surface area (Å²) in [5.41, 5.74) is 7.31. The van der Waals surface area contributed by atoms with Crippen molar-refractivity contribution in [3.05, 3.63) is 76.7 Å². The molecule has 1 nitrogen and oxygen atoms in total. The summed E-state index contributed by atoms with van der Waals surface area (Å²) in [6, 6.07) is 14.2. The number of pyridine rings is 1. The first-order valence-corrected chi connectivity index (χ1v) is 11.0. The van der Waals surface area contributed by atoms with Crippen molar-refractivity contribution in [1.29, 1.82) is 0 Å². The maximum absolute atomic E-state index is 14.0. The summed E-state index contributed by atoms with van der Waals surface area (Å²) in [5, 5.41) is 3.84. The molecule has 30 heavy (non-hydrogen) atoms. The molecule has 3 aromatic carbocycles. The maximum atomic E-state index is 14.0. The minimum atomic E-state index is -0.230. The molecule has 0 spiro atoms. The first kappa shape index (κ1) is 18.1. The summed E-state index contributed by atoms with van der Waals surface area (Å²) in [6.07, 6.45) is 5.16. The van der Waals surface area contributed by atoms with E-state index in [1.54, 1.807) is 6.07 Å². The van der Waals surface area contributed by atoms with Gasteiger partial charge in [0.15, 0.2) is 5.69 Å². The molecule has 1 heterocycles. The topological polar surface area (TPSA) is 3.88 Å². The van der Waals surface area contributed by atoms with Crippen LogP contribution in [0.3, 0.4) is 0 Å². The molecule has 1 aliphatic rings. The monoisotopic (exact) mass is 399 g/mol. The number of fused-ring (bicyclic) bond motifs is 3. The number of hydrogen-bond donors (Lipinski definition) is 0. The molecule has 1 aromatic heterocycles. The van der Waals surface area contributed by atoms with Crippen LogP contribution in [0.4, 0.5) is 4.39 Å². The van der Waals surface area contributed by atoms with Crippen molar-refractivity contribution in [3.63, 3.8) is 0 Å². The first-order valence-electron chi connectivity index (χ1n) is 11.5. The van der Waals surface area contributed by atoms with Crippen LogP contribution in [0.2, 0.25) is 0 Å². The van der Waals surface area contributed by atoms with E-state index in [4.69, 9.17) is 1.37 Å². The zero-order valence-corrected chi connectivity index (χ0v) is 18.3. The van der Waals surface area contributed by atoms with Gasteiger partial charge in [-0.1, -0.05) is 37.1 Å². The molecule has 1 aliphatic carbocycles. The van der Waals surface area contributed by atoms with E-state index in [1.807, 2.05) is 25.1 Å². The van der Waals surface area contributed by atoms with Crippen LogP contribution in [0.5, 0.6) is 0 Å². The number of halogens is 1. The Balaban J connectivity index is 1.93. The van der Waals surface area contributed by atoms with Gasteiger partial charge in [0.05, 0.1) is 12.3 Å². The van der Waals surface area contributed by atoms with E-state index in [2.05, 4.69) is 37.6 Å². The van der Waals surface area contributed by atoms with Crippen LogP contribution in [-0.4, -0.2) is 0 Å². The van der Waals surface area contributed by atoms with E-state index in [9.17, 15) is 4.39 Å². The number of aryl methyl sites for hydroxylation is 1. The molecule has 4 aromatic rings. The van der Waals surface area contributed by atoms with Crippen molar-refractivity contribution in [3.8, 4) is 11.3 Å². The summed E-state index contributed by atoms with van der Waals surface area (Å²) in [4.78, 5) is 0. The predicted octanol–water partition coefficient (Wildman–Crippen LogP) is 7.21. The van der Waals surface area contributed by atoms with E-state index in [0.29, 0.717) is 12.0 Å². The van der Waals surface area contributed by atoms with E-state index >= 15 is 0 Å². The zero-order chi connectivity index (χ0) is 21.9. The van der Waals surface area contributed by atoms with Crippen molar-refractivity contribution in [2.75, 3.05) is 0 Å². The molecule has 0 unspecified atom stereocenters. The molecule has 0 radical (unpaired) electrons. The third-order valence-corrected chi connectivity index (χ3v) is 7.14. The second-order valence-corrected chi connectivity index (χ2v) is 8.96. The van der Waals surface area contributed by atoms with Gasteiger partial charge in [-0.25, -0.2) is 4.39 Å². The standard InChI is InChI=1S/C28H29FN/c1-17-13-23(20-7-5-6-8-20)16-26(19(17)3)28-27-22(14-18(2)30(28)4)10-9-21-15-24(29)11-12-25(21)27/h9-16,20H,5-8H2,1-4H3/q+1/i14D. The third kappa shape index (κ3) is 3.01. The molecule has 152 valence electrons. The minimum absolute atomic E-state index is 0.230. The zero-order valence-electron chi connectivity index (χ0n) is 19.3. The van der Waals surface area contributed by atoms with Crippen LogP contribution >= 0.6 is 0 Å². The Morgan fingerprint density at radius 3 is 2.47 bits per heavy atom. The minimum Gasteiger partial charge on any atom is -0.207 e. The molecule has 1 fully saturated rings. The molecular weight excluding hydrogens is 369 g/mol. The molecule has 0 bridgehead atoms. The fourth-order valence-electron chi connectivity index (χ4n) is 5.22. The van der Waals surface area contributed by atoms with Crippen LogP contribution < -0.4 is 4.57 Å². The normalized spacial score (nSPS) is 15.3. The van der Waals surface area contributed by atoms with E-state index in [1.165, 1.54) is 54.0 Å². The number of rotatable bonds is 2. The molecular formula is C28H29FN+. The van der Waals surface area contributed by atoms with Crippen molar-refractivity contribution >= 4 is 21.5 Å². The van der Waals surface area contributed by atoms with Gasteiger partial charge in [-0.2, -0.15) is 4.57 Å². The van der Waals surface area contributed by atoms with Crippen molar-refractivity contribution in [2.45, 2.75) is 52.4 Å². The van der Waals surface area contributed by atoms with Crippen molar-refractivity contribution < 1.29 is 10.3 Å². The van der Waals surface area contributed by atoms with Gasteiger partial charge in [0, 0.05) is 13.0 Å². The molecule has 0 aliphatic heterocycles. The average molecular weight is 400 g/mol. The fourth-order valence-corrected chi connectivity index (χ4v) is 5.22. The van der Waals surface area contributed by atoms with Crippen LogP contribution in [0.1, 0.15) is 55.4 Å². The maximum Gasteiger partial charge on any atom is 0.221 e. The number of nitrogens with zero attached hydrogens (tertiary/aromatic N) is 1.